The Balaban J connectivity index is 2.26. The summed E-state index contributed by atoms with van der Waals surface area (Å²) in [5.41, 5.74) is -0.444. The van der Waals surface area contributed by atoms with Crippen molar-refractivity contribution in [2.75, 3.05) is 23.9 Å². The summed E-state index contributed by atoms with van der Waals surface area (Å²) in [4.78, 5) is 5.55. The fourth-order valence-electron chi connectivity index (χ4n) is 2.18. The summed E-state index contributed by atoms with van der Waals surface area (Å²) in [6.45, 7) is 4.73. The van der Waals surface area contributed by atoms with Crippen molar-refractivity contribution in [3.63, 3.8) is 0 Å². The molecule has 1 aliphatic heterocycles. The maximum absolute atomic E-state index is 13.7. The summed E-state index contributed by atoms with van der Waals surface area (Å²) >= 11 is 5.80. The molecule has 2 heterocycles. The number of hydrogen-bond acceptors (Lipinski definition) is 3. The fraction of sp³-hybridized carbons (Fsp3) is 0.583. The second-order valence-corrected chi connectivity index (χ2v) is 5.30. The van der Waals surface area contributed by atoms with Gasteiger partial charge in [0, 0.05) is 19.2 Å². The quantitative estimate of drug-likeness (QED) is 0.777. The number of anilines is 1. The highest BCUT2D eigenvalue weighted by Gasteiger charge is 2.34. The lowest BCUT2D eigenvalue weighted by Gasteiger charge is -2.42. The minimum atomic E-state index is -0.683. The molecule has 1 aromatic rings. The highest BCUT2D eigenvalue weighted by atomic mass is 35.5. The highest BCUT2D eigenvalue weighted by Crippen LogP contribution is 2.27. The molecule has 2 rings (SSSR count). The molecule has 0 aliphatic carbocycles. The number of rotatable bonds is 2. The minimum absolute atomic E-state index is 0.142. The van der Waals surface area contributed by atoms with Gasteiger partial charge in [-0.25, -0.2) is 13.8 Å². The zero-order chi connectivity index (χ0) is 13.3. The van der Waals surface area contributed by atoms with Crippen molar-refractivity contribution in [2.24, 2.45) is 0 Å². The molecule has 0 spiro atoms. The van der Waals surface area contributed by atoms with Crippen molar-refractivity contribution in [2.45, 2.75) is 25.6 Å². The maximum atomic E-state index is 13.7. The molecule has 1 aliphatic rings. The van der Waals surface area contributed by atoms with Gasteiger partial charge >= 0.3 is 0 Å². The van der Waals surface area contributed by atoms with Crippen LogP contribution in [0.2, 0.25) is 0 Å². The van der Waals surface area contributed by atoms with Gasteiger partial charge < -0.3 is 9.64 Å². The first-order valence-electron chi connectivity index (χ1n) is 5.71. The van der Waals surface area contributed by atoms with Crippen LogP contribution in [0.15, 0.2) is 12.3 Å². The Morgan fingerprint density at radius 3 is 2.89 bits per heavy atom. The van der Waals surface area contributed by atoms with Crippen LogP contribution in [0.4, 0.5) is 14.6 Å². The molecule has 0 amide bonds. The zero-order valence-corrected chi connectivity index (χ0v) is 11.0. The smallest absolute Gasteiger partial charge is 0.168 e. The van der Waals surface area contributed by atoms with Crippen molar-refractivity contribution < 1.29 is 13.5 Å². The second-order valence-electron chi connectivity index (χ2n) is 4.99. The Morgan fingerprint density at radius 2 is 2.28 bits per heavy atom. The van der Waals surface area contributed by atoms with Crippen molar-refractivity contribution in [3.8, 4) is 0 Å². The van der Waals surface area contributed by atoms with Gasteiger partial charge in [-0.2, -0.15) is 0 Å². The van der Waals surface area contributed by atoms with Crippen molar-refractivity contribution in [1.29, 1.82) is 0 Å². The first kappa shape index (κ1) is 13.5. The standard InChI is InChI=1S/C12H15ClF2N2O/c1-12(2)7-17(6-9(4-13)18-12)11-10(15)3-8(14)5-16-11/h3,5,9H,4,6-7H2,1-2H3. The van der Waals surface area contributed by atoms with Crippen LogP contribution in [0.5, 0.6) is 0 Å². The predicted molar refractivity (Wildman–Crippen MR) is 66.0 cm³/mol. The number of morpholine rings is 1. The molecule has 100 valence electrons. The van der Waals surface area contributed by atoms with E-state index in [2.05, 4.69) is 4.98 Å². The zero-order valence-electron chi connectivity index (χ0n) is 10.3. The SMILES string of the molecule is CC1(C)CN(c2ncc(F)cc2F)CC(CCl)O1. The van der Waals surface area contributed by atoms with Crippen LogP contribution in [-0.4, -0.2) is 35.7 Å². The summed E-state index contributed by atoms with van der Waals surface area (Å²) in [7, 11) is 0. The summed E-state index contributed by atoms with van der Waals surface area (Å²) in [6.07, 6.45) is 0.818. The summed E-state index contributed by atoms with van der Waals surface area (Å²) in [5.74, 6) is -0.885. The number of hydrogen-bond donors (Lipinski definition) is 0. The van der Waals surface area contributed by atoms with Gasteiger partial charge in [-0.1, -0.05) is 0 Å². The average molecular weight is 277 g/mol. The molecule has 1 unspecified atom stereocenters. The van der Waals surface area contributed by atoms with Gasteiger partial charge in [-0.3, -0.25) is 0 Å². The van der Waals surface area contributed by atoms with Crippen molar-refractivity contribution in [1.82, 2.24) is 4.98 Å². The number of ether oxygens (including phenoxy) is 1. The van der Waals surface area contributed by atoms with E-state index < -0.39 is 17.2 Å². The molecule has 1 aromatic heterocycles. The predicted octanol–water partition coefficient (Wildman–Crippen LogP) is 2.58. The number of halogens is 3. The maximum Gasteiger partial charge on any atom is 0.168 e. The minimum Gasteiger partial charge on any atom is -0.367 e. The van der Waals surface area contributed by atoms with Crippen LogP contribution in [0.3, 0.4) is 0 Å². The van der Waals surface area contributed by atoms with Crippen molar-refractivity contribution in [3.05, 3.63) is 23.9 Å². The van der Waals surface area contributed by atoms with E-state index in [9.17, 15) is 8.78 Å². The third-order valence-electron chi connectivity index (χ3n) is 2.74. The number of aromatic nitrogens is 1. The second kappa shape index (κ2) is 4.97. The van der Waals surface area contributed by atoms with E-state index in [1.54, 1.807) is 4.90 Å². The normalized spacial score (nSPS) is 23.2. The first-order valence-corrected chi connectivity index (χ1v) is 6.24. The lowest BCUT2D eigenvalue weighted by atomic mass is 10.1. The lowest BCUT2D eigenvalue weighted by molar-refractivity contribution is -0.0737. The molecule has 6 heteroatoms. The van der Waals surface area contributed by atoms with Crippen molar-refractivity contribution >= 4 is 17.4 Å². The van der Waals surface area contributed by atoms with E-state index in [-0.39, 0.29) is 11.9 Å². The molecule has 18 heavy (non-hydrogen) atoms. The van der Waals surface area contributed by atoms with Gasteiger partial charge in [-0.05, 0) is 13.8 Å². The molecule has 1 atom stereocenters. The lowest BCUT2D eigenvalue weighted by Crippen LogP contribution is -2.54. The Hall–Kier alpha value is -0.940. The molecule has 0 radical (unpaired) electrons. The fourth-order valence-corrected chi connectivity index (χ4v) is 2.34. The Morgan fingerprint density at radius 1 is 1.56 bits per heavy atom. The van der Waals surface area contributed by atoms with Crippen LogP contribution in [0.1, 0.15) is 13.8 Å². The molecule has 0 N–H and O–H groups in total. The van der Waals surface area contributed by atoms with Crippen LogP contribution < -0.4 is 4.90 Å². The van der Waals surface area contributed by atoms with E-state index in [0.717, 1.165) is 12.3 Å². The monoisotopic (exact) mass is 276 g/mol. The van der Waals surface area contributed by atoms with Gasteiger partial charge in [0.25, 0.3) is 0 Å². The number of pyridine rings is 1. The van der Waals surface area contributed by atoms with Crippen LogP contribution in [-0.2, 0) is 4.74 Å². The Kier molecular flexibility index (Phi) is 3.73. The van der Waals surface area contributed by atoms with Gasteiger partial charge in [0.2, 0.25) is 0 Å². The van der Waals surface area contributed by atoms with E-state index in [4.69, 9.17) is 16.3 Å². The van der Waals surface area contributed by atoms with E-state index in [1.807, 2.05) is 13.8 Å². The highest BCUT2D eigenvalue weighted by molar-refractivity contribution is 6.18. The van der Waals surface area contributed by atoms with Gasteiger partial charge in [0.05, 0.1) is 23.8 Å². The number of alkyl halides is 1. The van der Waals surface area contributed by atoms with Gasteiger partial charge in [0.15, 0.2) is 11.6 Å². The summed E-state index contributed by atoms with van der Waals surface area (Å²) in [5, 5.41) is 0. The topological polar surface area (TPSA) is 25.4 Å². The number of nitrogens with zero attached hydrogens (tertiary/aromatic N) is 2. The van der Waals surface area contributed by atoms with Crippen LogP contribution in [0.25, 0.3) is 0 Å². The Bertz CT molecular complexity index is 442. The largest absolute Gasteiger partial charge is 0.367 e. The van der Waals surface area contributed by atoms with E-state index in [0.29, 0.717) is 19.0 Å². The third-order valence-corrected chi connectivity index (χ3v) is 3.09. The molecule has 0 aromatic carbocycles. The van der Waals surface area contributed by atoms with Crippen LogP contribution in [0, 0.1) is 11.6 Å². The summed E-state index contributed by atoms with van der Waals surface area (Å²) in [6, 6.07) is 0.834. The molecular weight excluding hydrogens is 262 g/mol. The summed E-state index contributed by atoms with van der Waals surface area (Å²) < 4.78 is 32.3. The first-order chi connectivity index (χ1) is 8.41. The third kappa shape index (κ3) is 2.90. The molecule has 0 saturated carbocycles. The average Bonchev–Trinajstić information content (AvgIpc) is 2.26. The van der Waals surface area contributed by atoms with E-state index in [1.165, 1.54) is 0 Å². The Labute approximate surface area is 110 Å². The molecule has 0 bridgehead atoms. The van der Waals surface area contributed by atoms with Gasteiger partial charge in [0.1, 0.15) is 5.82 Å². The molecular formula is C12H15ClF2N2O. The molecule has 3 nitrogen and oxygen atoms in total. The van der Waals surface area contributed by atoms with Gasteiger partial charge in [-0.15, -0.1) is 11.6 Å². The molecule has 1 fully saturated rings. The molecule has 1 saturated heterocycles. The van der Waals surface area contributed by atoms with E-state index >= 15 is 0 Å². The van der Waals surface area contributed by atoms with Crippen LogP contribution >= 0.6 is 11.6 Å².